The van der Waals surface area contributed by atoms with E-state index in [1.54, 1.807) is 4.70 Å². The highest BCUT2D eigenvalue weighted by Gasteiger charge is 2.36. The molecule has 0 fully saturated rings. The summed E-state index contributed by atoms with van der Waals surface area (Å²) in [6, 6.07) is 14.1. The van der Waals surface area contributed by atoms with Crippen LogP contribution in [-0.4, -0.2) is 4.70 Å². The topological polar surface area (TPSA) is 25.3 Å². The number of benzene rings is 2. The summed E-state index contributed by atoms with van der Waals surface area (Å²) in [5, 5.41) is 0. The van der Waals surface area contributed by atoms with Gasteiger partial charge >= 0.3 is 0 Å². The third kappa shape index (κ3) is 49.8. The van der Waals surface area contributed by atoms with Gasteiger partial charge in [-0.1, -0.05) is 462 Å². The lowest BCUT2D eigenvalue weighted by molar-refractivity contribution is -0.345. The standard InChI is InChI=1S/C100H168N2/c1-7-13-19-24-29-33-37-41-45-47-51-55-59-63-65-69-74-79-91-85-92(80-75-70-66-64-60-56-52-48-46-42-38-34-30-25-20-14-8-2)88-95(87-91)99-97(83-18-12-6)98(84-78-73-28-23-17-11-5)100(102(99)101)96-89-93(81-76-71-67-61-57-53-49-43-39-35-31-26-21-15-9-3)86-94(90-96)82-77-72-68-62-58-54-50-44-40-36-32-27-22-16-10-4/h74-75,79-80,85-90H,7-73,78,83-84H2,1-6H3. The summed E-state index contributed by atoms with van der Waals surface area (Å²) >= 11 is 0. The molecule has 0 atom stereocenters. The van der Waals surface area contributed by atoms with Crippen LogP contribution >= 0.6 is 0 Å². The first-order chi connectivity index (χ1) is 50.5. The second-order valence-corrected chi connectivity index (χ2v) is 32.1. The minimum Gasteiger partial charge on any atom is -0.493 e. The molecule has 1 aliphatic rings. The Morgan fingerprint density at radius 3 is 0.775 bits per heavy atom. The van der Waals surface area contributed by atoms with Crippen molar-refractivity contribution in [2.75, 3.05) is 0 Å². The highest BCUT2D eigenvalue weighted by molar-refractivity contribution is 5.84. The lowest BCUT2D eigenvalue weighted by atomic mass is 9.90. The van der Waals surface area contributed by atoms with Crippen LogP contribution in [0, 0.1) is 23.7 Å². The minimum atomic E-state index is 0.924. The predicted octanol–water partition coefficient (Wildman–Crippen LogP) is 35.0. The van der Waals surface area contributed by atoms with E-state index in [0.29, 0.717) is 0 Å². The van der Waals surface area contributed by atoms with Crippen molar-refractivity contribution in [3.63, 3.8) is 0 Å². The van der Waals surface area contributed by atoms with E-state index in [2.05, 4.69) is 126 Å². The number of rotatable bonds is 72. The van der Waals surface area contributed by atoms with Gasteiger partial charge in [-0.15, -0.1) is 0 Å². The highest BCUT2D eigenvalue weighted by Crippen LogP contribution is 2.45. The lowest BCUT2D eigenvalue weighted by Gasteiger charge is -2.12. The van der Waals surface area contributed by atoms with Gasteiger partial charge in [0.25, 0.3) is 0 Å². The first-order valence-electron chi connectivity index (χ1n) is 46.1. The molecule has 0 unspecified atom stereocenters. The molecule has 1 heterocycles. The maximum absolute atomic E-state index is 13.3. The minimum absolute atomic E-state index is 0.924. The fourth-order valence-corrected chi connectivity index (χ4v) is 15.6. The summed E-state index contributed by atoms with van der Waals surface area (Å²) in [6.45, 7) is 13.9. The molecule has 0 amide bonds. The van der Waals surface area contributed by atoms with Gasteiger partial charge < -0.3 is 5.53 Å². The van der Waals surface area contributed by atoms with Gasteiger partial charge in [0.1, 0.15) is 0 Å². The van der Waals surface area contributed by atoms with Gasteiger partial charge in [0.05, 0.1) is 0 Å². The summed E-state index contributed by atoms with van der Waals surface area (Å²) in [7, 11) is 0. The van der Waals surface area contributed by atoms with Crippen molar-refractivity contribution in [2.24, 2.45) is 0 Å². The molecule has 0 aromatic heterocycles. The zero-order valence-corrected chi connectivity index (χ0v) is 69.2. The van der Waals surface area contributed by atoms with E-state index < -0.39 is 0 Å². The van der Waals surface area contributed by atoms with Gasteiger partial charge in [0.2, 0.25) is 11.4 Å². The molecule has 0 radical (unpaired) electrons. The average molecular weight is 1400 g/mol. The van der Waals surface area contributed by atoms with Crippen LogP contribution in [0.5, 0.6) is 0 Å². The first kappa shape index (κ1) is 92.3. The third-order valence-electron chi connectivity index (χ3n) is 22.2. The molecular formula is C100H168N2. The van der Waals surface area contributed by atoms with E-state index in [1.807, 2.05) is 0 Å². The average Bonchev–Trinajstić information content (AvgIpc) is 1.60. The SMILES string of the molecule is CCCCCCCCCCCCCCCC#Cc1cc(C#CCCCCCCCCCCCCCCC)cc(C2=C(CCCCCCCC)C(CCCC)=C(c3cc(C=CCCCCCCCCCCCCCCCCC)cc(C=CCCCCCCCCCCCCCCCCC)c3)[N+]2=[N-])c1. The van der Waals surface area contributed by atoms with Crippen molar-refractivity contribution in [3.8, 4) is 23.7 Å². The Morgan fingerprint density at radius 1 is 0.255 bits per heavy atom. The van der Waals surface area contributed by atoms with Gasteiger partial charge in [-0.3, -0.25) is 0 Å². The van der Waals surface area contributed by atoms with Crippen molar-refractivity contribution in [1.82, 2.24) is 0 Å². The molecule has 1 aliphatic heterocycles. The molecule has 0 saturated heterocycles. The quantitative estimate of drug-likeness (QED) is 0.0358. The number of nitrogens with zero attached hydrogens (tertiary/aromatic N) is 2. The Balaban J connectivity index is 1.92. The molecule has 102 heavy (non-hydrogen) atoms. The van der Waals surface area contributed by atoms with E-state index in [4.69, 9.17) is 0 Å². The van der Waals surface area contributed by atoms with Crippen LogP contribution in [0.15, 0.2) is 59.7 Å². The molecule has 0 N–H and O–H groups in total. The van der Waals surface area contributed by atoms with Crippen LogP contribution < -0.4 is 0 Å². The molecule has 0 bridgehead atoms. The van der Waals surface area contributed by atoms with Gasteiger partial charge in [0.15, 0.2) is 0 Å². The van der Waals surface area contributed by atoms with E-state index in [9.17, 15) is 5.53 Å². The molecular weight excluding hydrogens is 1230 g/mol. The second kappa shape index (κ2) is 70.1. The zero-order valence-electron chi connectivity index (χ0n) is 69.2. The molecule has 2 aromatic carbocycles. The maximum Gasteiger partial charge on any atom is 0.211 e. The van der Waals surface area contributed by atoms with Crippen LogP contribution in [0.25, 0.3) is 29.1 Å². The lowest BCUT2D eigenvalue weighted by Crippen LogP contribution is -2.04. The molecule has 0 aliphatic carbocycles. The van der Waals surface area contributed by atoms with Crippen LogP contribution in [0.2, 0.25) is 0 Å². The third-order valence-corrected chi connectivity index (χ3v) is 22.2. The first-order valence-corrected chi connectivity index (χ1v) is 46.1. The molecule has 2 aromatic rings. The Labute approximate surface area is 637 Å². The highest BCUT2D eigenvalue weighted by atomic mass is 15.2. The summed E-state index contributed by atoms with van der Waals surface area (Å²) in [4.78, 5) is 0. The summed E-state index contributed by atoms with van der Waals surface area (Å²) in [6.07, 6.45) is 103. The molecule has 0 spiro atoms. The van der Waals surface area contributed by atoms with Crippen LogP contribution in [0.1, 0.15) is 524 Å². The van der Waals surface area contributed by atoms with Crippen LogP contribution in [0.4, 0.5) is 0 Å². The number of hydrogen-bond acceptors (Lipinski definition) is 0. The molecule has 578 valence electrons. The monoisotopic (exact) mass is 1400 g/mol. The van der Waals surface area contributed by atoms with E-state index in [-0.39, 0.29) is 0 Å². The fourth-order valence-electron chi connectivity index (χ4n) is 15.6. The maximum atomic E-state index is 13.3. The summed E-state index contributed by atoms with van der Waals surface area (Å²) in [5.41, 5.74) is 24.7. The Bertz CT molecular complexity index is 2410. The molecule has 3 rings (SSSR count). The van der Waals surface area contributed by atoms with Crippen molar-refractivity contribution in [3.05, 3.63) is 98.6 Å². The fraction of sp³-hybridized carbons (Fsp3) is 0.760. The van der Waals surface area contributed by atoms with Crippen molar-refractivity contribution in [1.29, 1.82) is 0 Å². The van der Waals surface area contributed by atoms with E-state index in [1.165, 1.54) is 401 Å². The Hall–Kier alpha value is -3.88. The van der Waals surface area contributed by atoms with Crippen LogP contribution in [-0.2, 0) is 0 Å². The van der Waals surface area contributed by atoms with Crippen molar-refractivity contribution >= 4 is 23.5 Å². The smallest absolute Gasteiger partial charge is 0.211 e. The van der Waals surface area contributed by atoms with Crippen LogP contribution in [0.3, 0.4) is 0 Å². The van der Waals surface area contributed by atoms with Gasteiger partial charge in [-0.25, -0.2) is 4.70 Å². The second-order valence-electron chi connectivity index (χ2n) is 32.1. The molecule has 2 heteroatoms. The summed E-state index contributed by atoms with van der Waals surface area (Å²) < 4.78 is 1.66. The largest absolute Gasteiger partial charge is 0.493 e. The predicted molar refractivity (Wildman–Crippen MR) is 459 cm³/mol. The van der Waals surface area contributed by atoms with Gasteiger partial charge in [-0.05, 0) is 112 Å². The van der Waals surface area contributed by atoms with E-state index in [0.717, 1.165) is 104 Å². The van der Waals surface area contributed by atoms with Gasteiger partial charge in [0, 0.05) is 46.2 Å². The Morgan fingerprint density at radius 2 is 0.490 bits per heavy atom. The number of unbranched alkanes of at least 4 members (excludes halogenated alkanes) is 62. The van der Waals surface area contributed by atoms with Gasteiger partial charge in [-0.2, -0.15) is 0 Å². The Kier molecular flexibility index (Phi) is 63.5. The zero-order chi connectivity index (χ0) is 72.7. The van der Waals surface area contributed by atoms with Crippen molar-refractivity contribution < 1.29 is 4.70 Å². The van der Waals surface area contributed by atoms with Crippen molar-refractivity contribution in [2.45, 2.75) is 491 Å². The number of hydrogen-bond donors (Lipinski definition) is 0. The number of allylic oxidation sites excluding steroid dienone is 4. The molecule has 2 nitrogen and oxygen atoms in total. The molecule has 0 saturated carbocycles. The normalized spacial score (nSPS) is 12.5. The summed E-state index contributed by atoms with van der Waals surface area (Å²) in [5.74, 6) is 14.7. The van der Waals surface area contributed by atoms with E-state index >= 15 is 0 Å².